The maximum atomic E-state index is 11.0. The molecule has 0 spiro atoms. The molecule has 5 rings (SSSR count). The van der Waals surface area contributed by atoms with Gasteiger partial charge < -0.3 is 9.67 Å². The number of aliphatic hydroxyl groups excluding tert-OH is 1. The molecule has 3 aromatic rings. The van der Waals surface area contributed by atoms with Crippen molar-refractivity contribution >= 4 is 0 Å². The number of rotatable bonds is 4. The van der Waals surface area contributed by atoms with Gasteiger partial charge in [-0.15, -0.1) is 0 Å². The molecule has 0 unspecified atom stereocenters. The summed E-state index contributed by atoms with van der Waals surface area (Å²) in [5, 5.41) is 15.3. The highest BCUT2D eigenvalue weighted by molar-refractivity contribution is 5.55. The van der Waals surface area contributed by atoms with E-state index in [9.17, 15) is 5.11 Å². The van der Waals surface area contributed by atoms with E-state index in [1.54, 1.807) is 0 Å². The largest absolute Gasteiger partial charge is 0.391 e. The minimum atomic E-state index is -0.324. The van der Waals surface area contributed by atoms with Crippen molar-refractivity contribution in [2.24, 2.45) is 18.9 Å². The van der Waals surface area contributed by atoms with E-state index < -0.39 is 0 Å². The van der Waals surface area contributed by atoms with E-state index in [1.165, 1.54) is 5.69 Å². The molecule has 3 heterocycles. The summed E-state index contributed by atoms with van der Waals surface area (Å²) in [4.78, 5) is 7.11. The molecule has 146 valence electrons. The number of likely N-dealkylation sites (tertiary alicyclic amines) is 1. The Morgan fingerprint density at radius 1 is 1.04 bits per heavy atom. The number of imidazole rings is 1. The summed E-state index contributed by atoms with van der Waals surface area (Å²) in [5.74, 6) is 2.14. The van der Waals surface area contributed by atoms with Crippen molar-refractivity contribution in [1.29, 1.82) is 0 Å². The summed E-state index contributed by atoms with van der Waals surface area (Å²) in [5.41, 5.74) is 2.35. The lowest BCUT2D eigenvalue weighted by Gasteiger charge is -2.36. The van der Waals surface area contributed by atoms with E-state index in [2.05, 4.69) is 37.7 Å². The van der Waals surface area contributed by atoms with E-state index in [4.69, 9.17) is 0 Å². The Morgan fingerprint density at radius 2 is 1.82 bits per heavy atom. The van der Waals surface area contributed by atoms with Crippen molar-refractivity contribution in [3.63, 3.8) is 0 Å². The van der Waals surface area contributed by atoms with E-state index in [1.807, 2.05) is 48.5 Å². The van der Waals surface area contributed by atoms with Crippen LogP contribution in [0.1, 0.15) is 24.6 Å². The Balaban J connectivity index is 1.33. The number of aliphatic hydroxyl groups is 1. The summed E-state index contributed by atoms with van der Waals surface area (Å²) < 4.78 is 4.15. The van der Waals surface area contributed by atoms with Gasteiger partial charge in [-0.3, -0.25) is 9.58 Å². The third kappa shape index (κ3) is 3.16. The van der Waals surface area contributed by atoms with Crippen LogP contribution in [0.4, 0.5) is 0 Å². The third-order valence-corrected chi connectivity index (χ3v) is 6.55. The molecule has 2 aliphatic rings. The van der Waals surface area contributed by atoms with Crippen molar-refractivity contribution in [2.75, 3.05) is 13.1 Å². The van der Waals surface area contributed by atoms with Gasteiger partial charge in [-0.1, -0.05) is 30.3 Å². The maximum Gasteiger partial charge on any atom is 0.140 e. The molecule has 28 heavy (non-hydrogen) atoms. The van der Waals surface area contributed by atoms with Crippen LogP contribution in [-0.2, 0) is 13.6 Å². The van der Waals surface area contributed by atoms with Crippen LogP contribution >= 0.6 is 0 Å². The molecule has 0 amide bonds. The van der Waals surface area contributed by atoms with Crippen LogP contribution in [0.5, 0.6) is 0 Å². The van der Waals surface area contributed by atoms with Gasteiger partial charge in [-0.25, -0.2) is 4.98 Å². The number of hydrogen-bond acceptors (Lipinski definition) is 4. The second-order valence-corrected chi connectivity index (χ2v) is 8.29. The summed E-state index contributed by atoms with van der Waals surface area (Å²) in [7, 11) is 2.00. The fourth-order valence-electron chi connectivity index (χ4n) is 5.11. The fraction of sp³-hybridized carbons (Fsp3) is 0.455. The van der Waals surface area contributed by atoms with Gasteiger partial charge >= 0.3 is 0 Å². The number of aryl methyl sites for hydroxylation is 1. The van der Waals surface area contributed by atoms with Crippen LogP contribution in [0, 0.1) is 11.8 Å². The Morgan fingerprint density at radius 3 is 2.57 bits per heavy atom. The zero-order chi connectivity index (χ0) is 19.1. The standard InChI is InChI=1S/C22H27N5O/c1-25-19(7-8-24-25)15-26-13-17-11-20(21(28)12-18(17)14-26)27-10-9-23-22(27)16-5-3-2-4-6-16/h2-10,17-18,20-21,28H,11-15H2,1H3/t17-,18+,20-,21-/m0/s1. The molecule has 0 bridgehead atoms. The highest BCUT2D eigenvalue weighted by Gasteiger charge is 2.42. The third-order valence-electron chi connectivity index (χ3n) is 6.55. The number of fused-ring (bicyclic) bond motifs is 1. The Labute approximate surface area is 165 Å². The smallest absolute Gasteiger partial charge is 0.140 e. The lowest BCUT2D eigenvalue weighted by atomic mass is 9.77. The molecule has 1 aliphatic carbocycles. The number of hydrogen-bond donors (Lipinski definition) is 1. The van der Waals surface area contributed by atoms with Crippen LogP contribution in [0.15, 0.2) is 55.0 Å². The van der Waals surface area contributed by atoms with E-state index in [-0.39, 0.29) is 12.1 Å². The Kier molecular flexibility index (Phi) is 4.53. The molecule has 4 atom stereocenters. The monoisotopic (exact) mass is 377 g/mol. The number of benzene rings is 1. The summed E-state index contributed by atoms with van der Waals surface area (Å²) in [6.07, 6.45) is 7.29. The SMILES string of the molecule is Cn1nccc1CN1C[C@H]2C[C@H](O)[C@@H](n3ccnc3-c3ccccc3)C[C@H]2C1. The van der Waals surface area contributed by atoms with Gasteiger partial charge in [0.05, 0.1) is 17.8 Å². The van der Waals surface area contributed by atoms with Gasteiger partial charge in [0.15, 0.2) is 0 Å². The molecule has 1 aromatic carbocycles. The molecule has 1 aliphatic heterocycles. The van der Waals surface area contributed by atoms with Crippen LogP contribution in [0.3, 0.4) is 0 Å². The molecular formula is C22H27N5O. The van der Waals surface area contributed by atoms with Crippen LogP contribution in [0.2, 0.25) is 0 Å². The van der Waals surface area contributed by atoms with Gasteiger partial charge in [-0.2, -0.15) is 5.10 Å². The molecular weight excluding hydrogens is 350 g/mol. The quantitative estimate of drug-likeness (QED) is 0.760. The van der Waals surface area contributed by atoms with Gasteiger partial charge in [0.25, 0.3) is 0 Å². The van der Waals surface area contributed by atoms with E-state index >= 15 is 0 Å². The number of aromatic nitrogens is 4. The van der Waals surface area contributed by atoms with Crippen molar-refractivity contribution in [1.82, 2.24) is 24.2 Å². The zero-order valence-corrected chi connectivity index (χ0v) is 16.2. The second-order valence-electron chi connectivity index (χ2n) is 8.29. The molecule has 0 radical (unpaired) electrons. The molecule has 2 aromatic heterocycles. The maximum absolute atomic E-state index is 11.0. The Hall–Kier alpha value is -2.44. The summed E-state index contributed by atoms with van der Waals surface area (Å²) in [6.45, 7) is 3.09. The summed E-state index contributed by atoms with van der Waals surface area (Å²) in [6, 6.07) is 12.5. The van der Waals surface area contributed by atoms with Gasteiger partial charge in [0.1, 0.15) is 5.82 Å². The lowest BCUT2D eigenvalue weighted by Crippen LogP contribution is -2.36. The molecule has 1 saturated carbocycles. The van der Waals surface area contributed by atoms with E-state index in [0.717, 1.165) is 43.9 Å². The number of nitrogens with zero attached hydrogens (tertiary/aromatic N) is 5. The van der Waals surface area contributed by atoms with Gasteiger partial charge in [0.2, 0.25) is 0 Å². The van der Waals surface area contributed by atoms with Crippen LogP contribution in [-0.4, -0.2) is 48.5 Å². The van der Waals surface area contributed by atoms with Gasteiger partial charge in [-0.05, 0) is 30.7 Å². The van der Waals surface area contributed by atoms with Gasteiger partial charge in [0, 0.05) is 50.8 Å². The molecule has 6 nitrogen and oxygen atoms in total. The minimum absolute atomic E-state index is 0.0932. The molecule has 2 fully saturated rings. The molecule has 1 N–H and O–H groups in total. The zero-order valence-electron chi connectivity index (χ0n) is 16.2. The Bertz CT molecular complexity index is 933. The average molecular weight is 377 g/mol. The van der Waals surface area contributed by atoms with Crippen molar-refractivity contribution in [3.05, 3.63) is 60.7 Å². The topological polar surface area (TPSA) is 59.1 Å². The van der Waals surface area contributed by atoms with Crippen molar-refractivity contribution < 1.29 is 5.11 Å². The fourth-order valence-corrected chi connectivity index (χ4v) is 5.11. The lowest BCUT2D eigenvalue weighted by molar-refractivity contribution is 0.0365. The van der Waals surface area contributed by atoms with Crippen molar-refractivity contribution in [3.8, 4) is 11.4 Å². The highest BCUT2D eigenvalue weighted by Crippen LogP contribution is 2.42. The van der Waals surface area contributed by atoms with E-state index in [0.29, 0.717) is 11.8 Å². The normalized spacial score (nSPS) is 27.8. The molecule has 6 heteroatoms. The summed E-state index contributed by atoms with van der Waals surface area (Å²) >= 11 is 0. The van der Waals surface area contributed by atoms with Crippen molar-refractivity contribution in [2.45, 2.75) is 31.5 Å². The minimum Gasteiger partial charge on any atom is -0.391 e. The second kappa shape index (κ2) is 7.18. The first-order valence-electron chi connectivity index (χ1n) is 10.1. The molecule has 1 saturated heterocycles. The van der Waals surface area contributed by atoms with Crippen LogP contribution in [0.25, 0.3) is 11.4 Å². The van der Waals surface area contributed by atoms with Crippen LogP contribution < -0.4 is 0 Å². The first-order valence-corrected chi connectivity index (χ1v) is 10.1. The first-order chi connectivity index (χ1) is 13.7. The average Bonchev–Trinajstić information content (AvgIpc) is 3.42. The highest BCUT2D eigenvalue weighted by atomic mass is 16.3. The predicted octanol–water partition coefficient (Wildman–Crippen LogP) is 2.73. The first kappa shape index (κ1) is 17.6. The predicted molar refractivity (Wildman–Crippen MR) is 107 cm³/mol.